The van der Waals surface area contributed by atoms with Crippen LogP contribution in [0.5, 0.6) is 0 Å². The second-order valence-electron chi connectivity index (χ2n) is 3.33. The van der Waals surface area contributed by atoms with Crippen molar-refractivity contribution in [1.29, 1.82) is 0 Å². The Labute approximate surface area is 74.1 Å². The lowest BCUT2D eigenvalue weighted by Gasteiger charge is -2.19. The molecule has 1 aliphatic heterocycles. The molecule has 1 N–H and O–H groups in total. The van der Waals surface area contributed by atoms with Gasteiger partial charge >= 0.3 is 0 Å². The summed E-state index contributed by atoms with van der Waals surface area (Å²) in [5.74, 6) is 0. The summed E-state index contributed by atoms with van der Waals surface area (Å²) in [4.78, 5) is 10.5. The van der Waals surface area contributed by atoms with E-state index < -0.39 is 0 Å². The highest BCUT2D eigenvalue weighted by atomic mass is 16.1. The molecule has 0 spiro atoms. The quantitative estimate of drug-likeness (QED) is 0.602. The Balaban J connectivity index is 2.21. The highest BCUT2D eigenvalue weighted by Crippen LogP contribution is 2.06. The Kier molecular flexibility index (Phi) is 4.76. The molecule has 1 amide bonds. The van der Waals surface area contributed by atoms with Crippen LogP contribution in [0.1, 0.15) is 38.5 Å². The molecule has 1 rings (SSSR count). The lowest BCUT2D eigenvalue weighted by Crippen LogP contribution is -2.38. The van der Waals surface area contributed by atoms with Gasteiger partial charge in [0.05, 0.1) is 0 Å². The van der Waals surface area contributed by atoms with Crippen LogP contribution < -0.4 is 5.43 Å². The monoisotopic (exact) mass is 170 g/mol. The van der Waals surface area contributed by atoms with Crippen LogP contribution in [0.15, 0.2) is 0 Å². The van der Waals surface area contributed by atoms with Crippen molar-refractivity contribution in [2.75, 3.05) is 13.1 Å². The Morgan fingerprint density at radius 2 is 1.67 bits per heavy atom. The molecule has 0 aromatic rings. The molecule has 0 atom stereocenters. The van der Waals surface area contributed by atoms with E-state index in [1.54, 1.807) is 5.01 Å². The predicted octanol–water partition coefficient (Wildman–Crippen LogP) is 1.30. The van der Waals surface area contributed by atoms with E-state index in [1.165, 1.54) is 32.1 Å². The van der Waals surface area contributed by atoms with Gasteiger partial charge in [0.1, 0.15) is 0 Å². The van der Waals surface area contributed by atoms with E-state index in [4.69, 9.17) is 0 Å². The van der Waals surface area contributed by atoms with Gasteiger partial charge in [-0.05, 0) is 12.8 Å². The number of hydrogen-bond donors (Lipinski definition) is 1. The lowest BCUT2D eigenvalue weighted by molar-refractivity contribution is -0.121. The van der Waals surface area contributed by atoms with E-state index in [-0.39, 0.29) is 0 Å². The molecule has 1 heterocycles. The number of carbonyl (C=O) groups is 1. The molecule has 0 aliphatic carbocycles. The summed E-state index contributed by atoms with van der Waals surface area (Å²) in [6.45, 7) is 1.81. The third-order valence-electron chi connectivity index (χ3n) is 2.27. The Bertz CT molecular complexity index is 118. The normalized spacial score (nSPS) is 21.8. The second kappa shape index (κ2) is 6.00. The minimum atomic E-state index is 0.865. The average molecular weight is 170 g/mol. The summed E-state index contributed by atoms with van der Waals surface area (Å²) in [6, 6.07) is 0. The number of carbonyl (C=O) groups excluding carboxylic acids is 1. The van der Waals surface area contributed by atoms with Crippen molar-refractivity contribution in [3.63, 3.8) is 0 Å². The van der Waals surface area contributed by atoms with Crippen LogP contribution >= 0.6 is 0 Å². The van der Waals surface area contributed by atoms with Crippen LogP contribution in [0.25, 0.3) is 0 Å². The van der Waals surface area contributed by atoms with Gasteiger partial charge in [-0.3, -0.25) is 9.80 Å². The molecule has 0 saturated carbocycles. The summed E-state index contributed by atoms with van der Waals surface area (Å²) >= 11 is 0. The van der Waals surface area contributed by atoms with E-state index >= 15 is 0 Å². The van der Waals surface area contributed by atoms with Crippen LogP contribution in [0.3, 0.4) is 0 Å². The van der Waals surface area contributed by atoms with Crippen LogP contribution in [0, 0.1) is 0 Å². The maximum atomic E-state index is 10.5. The topological polar surface area (TPSA) is 32.3 Å². The second-order valence-corrected chi connectivity index (χ2v) is 3.33. The minimum Gasteiger partial charge on any atom is -0.281 e. The van der Waals surface area contributed by atoms with Crippen molar-refractivity contribution < 1.29 is 4.79 Å². The molecule has 0 unspecified atom stereocenters. The highest BCUT2D eigenvalue weighted by molar-refractivity contribution is 5.45. The summed E-state index contributed by atoms with van der Waals surface area (Å²) < 4.78 is 0. The molecule has 12 heavy (non-hydrogen) atoms. The molecule has 1 aliphatic rings. The molecule has 0 aromatic carbocycles. The average Bonchev–Trinajstić information content (AvgIpc) is 2.14. The van der Waals surface area contributed by atoms with Crippen molar-refractivity contribution in [2.24, 2.45) is 0 Å². The van der Waals surface area contributed by atoms with Crippen LogP contribution in [0.2, 0.25) is 0 Å². The van der Waals surface area contributed by atoms with Crippen LogP contribution in [0.4, 0.5) is 0 Å². The maximum absolute atomic E-state index is 10.5. The third-order valence-corrected chi connectivity index (χ3v) is 2.27. The van der Waals surface area contributed by atoms with Crippen LogP contribution in [-0.2, 0) is 4.79 Å². The molecular formula is C9H18N2O. The van der Waals surface area contributed by atoms with Gasteiger partial charge in [0.25, 0.3) is 0 Å². The molecule has 3 nitrogen and oxygen atoms in total. The maximum Gasteiger partial charge on any atom is 0.223 e. The van der Waals surface area contributed by atoms with Crippen molar-refractivity contribution in [3.8, 4) is 0 Å². The van der Waals surface area contributed by atoms with Gasteiger partial charge in [0, 0.05) is 13.1 Å². The molecule has 70 valence electrons. The van der Waals surface area contributed by atoms with Crippen LogP contribution in [-0.4, -0.2) is 24.5 Å². The van der Waals surface area contributed by atoms with Gasteiger partial charge in [-0.2, -0.15) is 0 Å². The van der Waals surface area contributed by atoms with E-state index in [9.17, 15) is 4.79 Å². The largest absolute Gasteiger partial charge is 0.281 e. The van der Waals surface area contributed by atoms with Gasteiger partial charge in [0.15, 0.2) is 0 Å². The molecule has 1 saturated heterocycles. The summed E-state index contributed by atoms with van der Waals surface area (Å²) in [5, 5.41) is 1.67. The summed E-state index contributed by atoms with van der Waals surface area (Å²) in [6.07, 6.45) is 8.43. The molecule has 0 bridgehead atoms. The van der Waals surface area contributed by atoms with Gasteiger partial charge in [-0.1, -0.05) is 25.7 Å². The number of hydrogen-bond acceptors (Lipinski definition) is 2. The molecule has 3 heteroatoms. The van der Waals surface area contributed by atoms with Crippen molar-refractivity contribution >= 4 is 6.41 Å². The molecule has 1 fully saturated rings. The number of hydrazine groups is 1. The zero-order valence-corrected chi connectivity index (χ0v) is 7.59. The van der Waals surface area contributed by atoms with E-state index in [0.29, 0.717) is 0 Å². The first-order chi connectivity index (χ1) is 5.93. The Morgan fingerprint density at radius 3 is 2.42 bits per heavy atom. The Morgan fingerprint density at radius 1 is 1.00 bits per heavy atom. The fourth-order valence-electron chi connectivity index (χ4n) is 1.51. The van der Waals surface area contributed by atoms with Gasteiger partial charge < -0.3 is 0 Å². The zero-order valence-electron chi connectivity index (χ0n) is 7.59. The fraction of sp³-hybridized carbons (Fsp3) is 0.889. The lowest BCUT2D eigenvalue weighted by atomic mass is 10.1. The third kappa shape index (κ3) is 3.72. The molecule has 0 aromatic heterocycles. The molecular weight excluding hydrogens is 152 g/mol. The van der Waals surface area contributed by atoms with Crippen molar-refractivity contribution in [1.82, 2.24) is 10.4 Å². The number of amides is 1. The van der Waals surface area contributed by atoms with Gasteiger partial charge in [0.2, 0.25) is 6.41 Å². The fourth-order valence-corrected chi connectivity index (χ4v) is 1.51. The first-order valence-corrected chi connectivity index (χ1v) is 4.89. The number of nitrogens with zero attached hydrogens (tertiary/aromatic N) is 1. The first-order valence-electron chi connectivity index (χ1n) is 4.89. The molecule has 0 radical (unpaired) electrons. The summed E-state index contributed by atoms with van der Waals surface area (Å²) in [7, 11) is 0. The number of rotatable bonds is 1. The standard InChI is InChI=1S/C9H18N2O/c12-9-11-8-6-4-2-1-3-5-7-10-11/h9-10H,1-8H2. The van der Waals surface area contributed by atoms with Crippen molar-refractivity contribution in [3.05, 3.63) is 0 Å². The van der Waals surface area contributed by atoms with Gasteiger partial charge in [-0.25, -0.2) is 5.43 Å². The highest BCUT2D eigenvalue weighted by Gasteiger charge is 2.02. The van der Waals surface area contributed by atoms with Gasteiger partial charge in [-0.15, -0.1) is 0 Å². The first kappa shape index (κ1) is 9.52. The smallest absolute Gasteiger partial charge is 0.223 e. The van der Waals surface area contributed by atoms with E-state index in [2.05, 4.69) is 5.43 Å². The van der Waals surface area contributed by atoms with Crippen molar-refractivity contribution in [2.45, 2.75) is 38.5 Å². The minimum absolute atomic E-state index is 0.865. The summed E-state index contributed by atoms with van der Waals surface area (Å²) in [5.41, 5.74) is 3.10. The predicted molar refractivity (Wildman–Crippen MR) is 48.5 cm³/mol. The van der Waals surface area contributed by atoms with E-state index in [1.807, 2.05) is 0 Å². The number of nitrogens with one attached hydrogen (secondary N) is 1. The zero-order chi connectivity index (χ0) is 8.65. The SMILES string of the molecule is O=CN1CCCCCCCCN1. The Hall–Kier alpha value is -0.570. The van der Waals surface area contributed by atoms with E-state index in [0.717, 1.165) is 25.9 Å².